The quantitative estimate of drug-likeness (QED) is 0.266. The Hall–Kier alpha value is -0.500. The first-order valence-corrected chi connectivity index (χ1v) is 12.2. The standard InChI is InChI=1S/C23H32I2N2/c1-5-9-14-11-16(22(26)20(24)18(14)7-3)13-17-12-15(10-6-2)19(8-4)21(25)23(17)27/h11-12H,5-10,13,26-27H2,1-4H3. The van der Waals surface area contributed by atoms with Crippen molar-refractivity contribution in [2.45, 2.75) is 72.6 Å². The van der Waals surface area contributed by atoms with Crippen molar-refractivity contribution in [1.29, 1.82) is 0 Å². The van der Waals surface area contributed by atoms with Crippen LogP contribution in [-0.2, 0) is 32.1 Å². The molecule has 2 aromatic carbocycles. The lowest BCUT2D eigenvalue weighted by Crippen LogP contribution is -2.09. The van der Waals surface area contributed by atoms with Crippen LogP contribution in [0.15, 0.2) is 12.1 Å². The summed E-state index contributed by atoms with van der Waals surface area (Å²) in [5.74, 6) is 0. The van der Waals surface area contributed by atoms with Gasteiger partial charge in [0, 0.05) is 24.9 Å². The molecule has 4 heteroatoms. The van der Waals surface area contributed by atoms with Crippen molar-refractivity contribution in [3.63, 3.8) is 0 Å². The molecule has 0 spiro atoms. The van der Waals surface area contributed by atoms with E-state index in [0.29, 0.717) is 0 Å². The van der Waals surface area contributed by atoms with Gasteiger partial charge in [-0.3, -0.25) is 0 Å². The van der Waals surface area contributed by atoms with Crippen molar-refractivity contribution >= 4 is 56.6 Å². The van der Waals surface area contributed by atoms with Crippen LogP contribution in [0.25, 0.3) is 0 Å². The van der Waals surface area contributed by atoms with Crippen LogP contribution in [0, 0.1) is 7.14 Å². The molecule has 0 saturated carbocycles. The summed E-state index contributed by atoms with van der Waals surface area (Å²) in [4.78, 5) is 0. The Balaban J connectivity index is 2.56. The molecule has 27 heavy (non-hydrogen) atoms. The topological polar surface area (TPSA) is 52.0 Å². The number of nitrogens with two attached hydrogens (primary N) is 2. The Bertz CT molecular complexity index is 746. The number of anilines is 2. The van der Waals surface area contributed by atoms with Crippen molar-refractivity contribution < 1.29 is 0 Å². The van der Waals surface area contributed by atoms with Crippen molar-refractivity contribution in [3.05, 3.63) is 52.7 Å². The fraction of sp³-hybridized carbons (Fsp3) is 0.478. The molecule has 0 amide bonds. The summed E-state index contributed by atoms with van der Waals surface area (Å²) in [6.45, 7) is 8.92. The largest absolute Gasteiger partial charge is 0.398 e. The number of benzene rings is 2. The number of halogens is 2. The molecule has 0 atom stereocenters. The third kappa shape index (κ3) is 4.92. The molecule has 0 aliphatic carbocycles. The molecule has 2 rings (SSSR count). The molecule has 0 aliphatic heterocycles. The highest BCUT2D eigenvalue weighted by atomic mass is 127. The van der Waals surface area contributed by atoms with Gasteiger partial charge in [-0.1, -0.05) is 52.7 Å². The van der Waals surface area contributed by atoms with Crippen LogP contribution in [-0.4, -0.2) is 0 Å². The number of hydrogen-bond donors (Lipinski definition) is 2. The van der Waals surface area contributed by atoms with E-state index >= 15 is 0 Å². The van der Waals surface area contributed by atoms with Gasteiger partial charge in [-0.05, 0) is 104 Å². The Morgan fingerprint density at radius 2 is 1.04 bits per heavy atom. The molecule has 0 aromatic heterocycles. The highest BCUT2D eigenvalue weighted by Gasteiger charge is 2.17. The summed E-state index contributed by atoms with van der Waals surface area (Å²) in [5.41, 5.74) is 23.1. The molecular weight excluding hydrogens is 558 g/mol. The first-order chi connectivity index (χ1) is 12.9. The van der Waals surface area contributed by atoms with E-state index in [0.717, 1.165) is 56.3 Å². The second-order valence-corrected chi connectivity index (χ2v) is 9.34. The lowest BCUT2D eigenvalue weighted by Gasteiger charge is -2.19. The molecule has 0 radical (unpaired) electrons. The van der Waals surface area contributed by atoms with Crippen LogP contribution in [0.5, 0.6) is 0 Å². The highest BCUT2D eigenvalue weighted by molar-refractivity contribution is 14.1. The Labute approximate surface area is 192 Å². The SMILES string of the molecule is CCCc1cc(Cc2cc(CCC)c(CC)c(I)c2N)c(N)c(I)c1CC. The van der Waals surface area contributed by atoms with Crippen LogP contribution in [0.2, 0.25) is 0 Å². The summed E-state index contributed by atoms with van der Waals surface area (Å²) in [6.07, 6.45) is 7.39. The minimum Gasteiger partial charge on any atom is -0.398 e. The summed E-state index contributed by atoms with van der Waals surface area (Å²) in [6, 6.07) is 4.67. The maximum atomic E-state index is 6.56. The van der Waals surface area contributed by atoms with Crippen LogP contribution in [0.3, 0.4) is 0 Å². The van der Waals surface area contributed by atoms with Gasteiger partial charge < -0.3 is 11.5 Å². The van der Waals surface area contributed by atoms with E-state index < -0.39 is 0 Å². The van der Waals surface area contributed by atoms with E-state index in [9.17, 15) is 0 Å². The van der Waals surface area contributed by atoms with Gasteiger partial charge in [0.15, 0.2) is 0 Å². The van der Waals surface area contributed by atoms with Crippen LogP contribution < -0.4 is 11.5 Å². The molecule has 0 unspecified atom stereocenters. The van der Waals surface area contributed by atoms with E-state index in [2.05, 4.69) is 85.0 Å². The Kier molecular flexibility index (Phi) is 8.71. The summed E-state index contributed by atoms with van der Waals surface area (Å²) in [7, 11) is 0. The number of nitrogen functional groups attached to an aromatic ring is 2. The second kappa shape index (κ2) is 10.3. The molecule has 4 N–H and O–H groups in total. The van der Waals surface area contributed by atoms with Crippen LogP contribution in [0.4, 0.5) is 11.4 Å². The predicted molar refractivity (Wildman–Crippen MR) is 137 cm³/mol. The van der Waals surface area contributed by atoms with Crippen LogP contribution in [0.1, 0.15) is 73.9 Å². The van der Waals surface area contributed by atoms with E-state index in [1.54, 1.807) is 0 Å². The van der Waals surface area contributed by atoms with Gasteiger partial charge in [0.2, 0.25) is 0 Å². The Morgan fingerprint density at radius 3 is 1.33 bits per heavy atom. The Morgan fingerprint density at radius 1 is 0.667 bits per heavy atom. The van der Waals surface area contributed by atoms with Crippen molar-refractivity contribution in [1.82, 2.24) is 0 Å². The number of aryl methyl sites for hydroxylation is 2. The van der Waals surface area contributed by atoms with Gasteiger partial charge >= 0.3 is 0 Å². The maximum Gasteiger partial charge on any atom is 0.0488 e. The van der Waals surface area contributed by atoms with Crippen LogP contribution >= 0.6 is 45.2 Å². The van der Waals surface area contributed by atoms with E-state index in [-0.39, 0.29) is 0 Å². The first-order valence-electron chi connectivity index (χ1n) is 10.1. The van der Waals surface area contributed by atoms with E-state index in [1.807, 2.05) is 0 Å². The lowest BCUT2D eigenvalue weighted by atomic mass is 9.91. The highest BCUT2D eigenvalue weighted by Crippen LogP contribution is 2.34. The van der Waals surface area contributed by atoms with Gasteiger partial charge in [0.25, 0.3) is 0 Å². The van der Waals surface area contributed by atoms with Gasteiger partial charge in [0.1, 0.15) is 0 Å². The summed E-state index contributed by atoms with van der Waals surface area (Å²) >= 11 is 4.86. The second-order valence-electron chi connectivity index (χ2n) is 7.19. The lowest BCUT2D eigenvalue weighted by molar-refractivity contribution is 0.888. The van der Waals surface area contributed by atoms with Gasteiger partial charge in [-0.15, -0.1) is 0 Å². The van der Waals surface area contributed by atoms with E-state index in [1.165, 1.54) is 40.5 Å². The summed E-state index contributed by atoms with van der Waals surface area (Å²) in [5, 5.41) is 0. The first kappa shape index (κ1) is 22.8. The molecule has 0 bridgehead atoms. The monoisotopic (exact) mass is 590 g/mol. The number of rotatable bonds is 8. The molecule has 2 nitrogen and oxygen atoms in total. The summed E-state index contributed by atoms with van der Waals surface area (Å²) < 4.78 is 2.45. The normalized spacial score (nSPS) is 11.2. The zero-order valence-electron chi connectivity index (χ0n) is 17.0. The van der Waals surface area contributed by atoms with Crippen molar-refractivity contribution in [3.8, 4) is 0 Å². The molecule has 0 saturated heterocycles. The maximum absolute atomic E-state index is 6.56. The third-order valence-corrected chi connectivity index (χ3v) is 7.76. The van der Waals surface area contributed by atoms with Gasteiger partial charge in [-0.25, -0.2) is 0 Å². The average molecular weight is 590 g/mol. The zero-order chi connectivity index (χ0) is 20.1. The predicted octanol–water partition coefficient (Wildman–Crippen LogP) is 6.68. The van der Waals surface area contributed by atoms with E-state index in [4.69, 9.17) is 11.5 Å². The third-order valence-electron chi connectivity index (χ3n) is 5.29. The average Bonchev–Trinajstić information content (AvgIpc) is 2.64. The van der Waals surface area contributed by atoms with Crippen molar-refractivity contribution in [2.24, 2.45) is 0 Å². The molecule has 0 heterocycles. The van der Waals surface area contributed by atoms with Gasteiger partial charge in [-0.2, -0.15) is 0 Å². The molecule has 148 valence electrons. The minimum absolute atomic E-state index is 0.811. The van der Waals surface area contributed by atoms with Gasteiger partial charge in [0.05, 0.1) is 0 Å². The van der Waals surface area contributed by atoms with Crippen molar-refractivity contribution in [2.75, 3.05) is 11.5 Å². The molecule has 0 fully saturated rings. The number of hydrogen-bond acceptors (Lipinski definition) is 2. The molecular formula is C23H32I2N2. The fourth-order valence-electron chi connectivity index (χ4n) is 3.89. The smallest absolute Gasteiger partial charge is 0.0488 e. The fourth-order valence-corrected chi connectivity index (χ4v) is 6.03. The minimum atomic E-state index is 0.811. The molecule has 0 aliphatic rings. The molecule has 2 aromatic rings. The zero-order valence-corrected chi connectivity index (χ0v) is 21.3.